The molecule has 0 saturated heterocycles. The zero-order valence-electron chi connectivity index (χ0n) is 10.4. The van der Waals surface area contributed by atoms with Crippen molar-refractivity contribution < 1.29 is 0 Å². The van der Waals surface area contributed by atoms with E-state index in [2.05, 4.69) is 56.0 Å². The SMILES string of the molecule is Cc1cccc(C)c1CN[CH]c1ccccc1. The van der Waals surface area contributed by atoms with E-state index in [0.29, 0.717) is 0 Å². The molecule has 0 aliphatic rings. The second kappa shape index (κ2) is 5.65. The molecule has 0 aromatic heterocycles. The number of nitrogens with one attached hydrogen (secondary N) is 1. The molecule has 2 aromatic carbocycles. The van der Waals surface area contributed by atoms with E-state index in [0.717, 1.165) is 6.54 Å². The van der Waals surface area contributed by atoms with Crippen molar-refractivity contribution in [1.82, 2.24) is 5.32 Å². The first-order valence-electron chi connectivity index (χ1n) is 5.94. The first-order chi connectivity index (χ1) is 8.27. The van der Waals surface area contributed by atoms with Gasteiger partial charge < -0.3 is 5.32 Å². The number of hydrogen-bond donors (Lipinski definition) is 1. The molecule has 0 amide bonds. The van der Waals surface area contributed by atoms with E-state index in [4.69, 9.17) is 0 Å². The number of benzene rings is 2. The molecule has 0 atom stereocenters. The van der Waals surface area contributed by atoms with Gasteiger partial charge in [-0.1, -0.05) is 48.5 Å². The lowest BCUT2D eigenvalue weighted by molar-refractivity contribution is 0.808. The molecule has 0 saturated carbocycles. The molecule has 17 heavy (non-hydrogen) atoms. The Kier molecular flexibility index (Phi) is 3.94. The molecule has 87 valence electrons. The van der Waals surface area contributed by atoms with Crippen LogP contribution in [-0.2, 0) is 6.54 Å². The van der Waals surface area contributed by atoms with Crippen LogP contribution in [0.25, 0.3) is 0 Å². The molecule has 1 heteroatoms. The van der Waals surface area contributed by atoms with Crippen LogP contribution in [0.2, 0.25) is 0 Å². The molecule has 0 aliphatic heterocycles. The zero-order valence-corrected chi connectivity index (χ0v) is 10.4. The van der Waals surface area contributed by atoms with E-state index in [1.54, 1.807) is 0 Å². The summed E-state index contributed by atoms with van der Waals surface area (Å²) in [5, 5.41) is 3.37. The van der Waals surface area contributed by atoms with Gasteiger partial charge in [-0.3, -0.25) is 0 Å². The Morgan fingerprint density at radius 2 is 1.53 bits per heavy atom. The highest BCUT2D eigenvalue weighted by molar-refractivity contribution is 5.33. The van der Waals surface area contributed by atoms with Crippen LogP contribution in [0.15, 0.2) is 48.5 Å². The Labute approximate surface area is 103 Å². The van der Waals surface area contributed by atoms with Crippen molar-refractivity contribution in [2.45, 2.75) is 20.4 Å². The van der Waals surface area contributed by atoms with E-state index in [1.807, 2.05) is 18.2 Å². The van der Waals surface area contributed by atoms with Gasteiger partial charge in [-0.2, -0.15) is 0 Å². The third-order valence-electron chi connectivity index (χ3n) is 2.99. The van der Waals surface area contributed by atoms with Crippen LogP contribution in [-0.4, -0.2) is 0 Å². The molecule has 2 aromatic rings. The van der Waals surface area contributed by atoms with Gasteiger partial charge >= 0.3 is 0 Å². The van der Waals surface area contributed by atoms with Crippen molar-refractivity contribution in [2.24, 2.45) is 0 Å². The normalized spacial score (nSPS) is 10.5. The van der Waals surface area contributed by atoms with E-state index in [-0.39, 0.29) is 0 Å². The van der Waals surface area contributed by atoms with Crippen LogP contribution in [0.3, 0.4) is 0 Å². The number of hydrogen-bond acceptors (Lipinski definition) is 1. The van der Waals surface area contributed by atoms with Crippen molar-refractivity contribution in [3.8, 4) is 0 Å². The van der Waals surface area contributed by atoms with Gasteiger partial charge in [-0.15, -0.1) is 0 Å². The molecule has 0 heterocycles. The van der Waals surface area contributed by atoms with Gasteiger partial charge in [0.05, 0.1) is 6.54 Å². The first kappa shape index (κ1) is 11.9. The van der Waals surface area contributed by atoms with Gasteiger partial charge in [0.2, 0.25) is 0 Å². The lowest BCUT2D eigenvalue weighted by Crippen LogP contribution is -2.12. The summed E-state index contributed by atoms with van der Waals surface area (Å²) in [7, 11) is 0. The average molecular weight is 224 g/mol. The van der Waals surface area contributed by atoms with Crippen LogP contribution < -0.4 is 5.32 Å². The summed E-state index contributed by atoms with van der Waals surface area (Å²) in [6, 6.07) is 16.7. The topological polar surface area (TPSA) is 12.0 Å². The second-order valence-electron chi connectivity index (χ2n) is 4.31. The second-order valence-corrected chi connectivity index (χ2v) is 4.31. The smallest absolute Gasteiger partial charge is 0.0521 e. The van der Waals surface area contributed by atoms with E-state index < -0.39 is 0 Å². The lowest BCUT2D eigenvalue weighted by Gasteiger charge is -2.10. The highest BCUT2D eigenvalue weighted by Gasteiger charge is 2.01. The van der Waals surface area contributed by atoms with Crippen LogP contribution in [0.5, 0.6) is 0 Å². The molecule has 0 aliphatic carbocycles. The minimum atomic E-state index is 0.882. The van der Waals surface area contributed by atoms with Crippen LogP contribution in [0.1, 0.15) is 22.3 Å². The fourth-order valence-corrected chi connectivity index (χ4v) is 1.95. The van der Waals surface area contributed by atoms with E-state index in [9.17, 15) is 0 Å². The summed E-state index contributed by atoms with van der Waals surface area (Å²) in [4.78, 5) is 0. The highest BCUT2D eigenvalue weighted by atomic mass is 14.8. The van der Waals surface area contributed by atoms with Gasteiger partial charge in [0.15, 0.2) is 0 Å². The Hall–Kier alpha value is -1.60. The van der Waals surface area contributed by atoms with Gasteiger partial charge in [0.25, 0.3) is 0 Å². The quantitative estimate of drug-likeness (QED) is 0.836. The molecule has 0 unspecified atom stereocenters. The molecule has 0 spiro atoms. The van der Waals surface area contributed by atoms with Crippen molar-refractivity contribution in [3.05, 3.63) is 77.3 Å². The number of rotatable bonds is 4. The Morgan fingerprint density at radius 3 is 2.18 bits per heavy atom. The molecule has 0 bridgehead atoms. The van der Waals surface area contributed by atoms with Crippen molar-refractivity contribution >= 4 is 0 Å². The van der Waals surface area contributed by atoms with Gasteiger partial charge in [-0.05, 0) is 36.1 Å². The Bertz CT molecular complexity index is 454. The molecule has 1 N–H and O–H groups in total. The number of aryl methyl sites for hydroxylation is 2. The van der Waals surface area contributed by atoms with Gasteiger partial charge in [0.1, 0.15) is 0 Å². The van der Waals surface area contributed by atoms with E-state index in [1.165, 1.54) is 22.3 Å². The Morgan fingerprint density at radius 1 is 0.882 bits per heavy atom. The summed E-state index contributed by atoms with van der Waals surface area (Å²) in [6.07, 6.45) is 0. The maximum Gasteiger partial charge on any atom is 0.0521 e. The first-order valence-corrected chi connectivity index (χ1v) is 5.94. The molecule has 1 radical (unpaired) electrons. The van der Waals surface area contributed by atoms with Gasteiger partial charge in [-0.25, -0.2) is 0 Å². The maximum atomic E-state index is 3.37. The molecular formula is C16H18N. The summed E-state index contributed by atoms with van der Waals surface area (Å²) in [5.41, 5.74) is 5.29. The monoisotopic (exact) mass is 224 g/mol. The minimum absolute atomic E-state index is 0.882. The van der Waals surface area contributed by atoms with Crippen LogP contribution in [0, 0.1) is 20.4 Å². The van der Waals surface area contributed by atoms with Crippen molar-refractivity contribution in [2.75, 3.05) is 0 Å². The van der Waals surface area contributed by atoms with Crippen molar-refractivity contribution in [3.63, 3.8) is 0 Å². The fraction of sp³-hybridized carbons (Fsp3) is 0.188. The maximum absolute atomic E-state index is 3.37. The highest BCUT2D eigenvalue weighted by Crippen LogP contribution is 2.13. The average Bonchev–Trinajstić information content (AvgIpc) is 2.34. The predicted octanol–water partition coefficient (Wildman–Crippen LogP) is 3.60. The third-order valence-corrected chi connectivity index (χ3v) is 2.99. The fourth-order valence-electron chi connectivity index (χ4n) is 1.95. The summed E-state index contributed by atoms with van der Waals surface area (Å²) in [5.74, 6) is 0. The molecule has 0 fully saturated rings. The summed E-state index contributed by atoms with van der Waals surface area (Å²) in [6.45, 7) is 7.26. The Balaban J connectivity index is 1.95. The van der Waals surface area contributed by atoms with Gasteiger partial charge in [0, 0.05) is 6.54 Å². The largest absolute Gasteiger partial charge is 0.304 e. The third kappa shape index (κ3) is 3.18. The van der Waals surface area contributed by atoms with Crippen LogP contribution in [0.4, 0.5) is 0 Å². The minimum Gasteiger partial charge on any atom is -0.304 e. The van der Waals surface area contributed by atoms with Crippen molar-refractivity contribution in [1.29, 1.82) is 0 Å². The van der Waals surface area contributed by atoms with E-state index >= 15 is 0 Å². The molecular weight excluding hydrogens is 206 g/mol. The lowest BCUT2D eigenvalue weighted by atomic mass is 10.0. The van der Waals surface area contributed by atoms with Crippen LogP contribution >= 0.6 is 0 Å². The summed E-state index contributed by atoms with van der Waals surface area (Å²) < 4.78 is 0. The standard InChI is InChI=1S/C16H18N/c1-13-7-6-8-14(2)16(13)12-17-11-15-9-4-3-5-10-15/h3-11,17H,12H2,1-2H3. The molecule has 2 rings (SSSR count). The molecule has 1 nitrogen and oxygen atoms in total. The zero-order chi connectivity index (χ0) is 12.1. The predicted molar refractivity (Wildman–Crippen MR) is 72.6 cm³/mol. The summed E-state index contributed by atoms with van der Waals surface area (Å²) >= 11 is 0.